The van der Waals surface area contributed by atoms with Crippen LogP contribution in [-0.4, -0.2) is 12.0 Å². The molecule has 0 saturated carbocycles. The van der Waals surface area contributed by atoms with E-state index in [2.05, 4.69) is 15.9 Å². The molecule has 0 aliphatic heterocycles. The average Bonchev–Trinajstić information content (AvgIpc) is 2.46. The summed E-state index contributed by atoms with van der Waals surface area (Å²) in [4.78, 5) is 12.7. The molecule has 2 rings (SSSR count). The molecular formula is C15H15BrN2O2. The van der Waals surface area contributed by atoms with Crippen LogP contribution in [0.25, 0.3) is 0 Å². The third-order valence-electron chi connectivity index (χ3n) is 3.17. The summed E-state index contributed by atoms with van der Waals surface area (Å²) in [6.45, 7) is 2.01. The maximum absolute atomic E-state index is 11.2. The molecule has 0 unspecified atom stereocenters. The molecule has 0 saturated heterocycles. The first-order chi connectivity index (χ1) is 9.52. The predicted molar refractivity (Wildman–Crippen MR) is 85.0 cm³/mol. The van der Waals surface area contributed by atoms with Crippen LogP contribution in [0.15, 0.2) is 42.5 Å². The highest BCUT2D eigenvalue weighted by Gasteiger charge is 2.18. The highest BCUT2D eigenvalue weighted by molar-refractivity contribution is 9.08. The van der Waals surface area contributed by atoms with Gasteiger partial charge in [0.05, 0.1) is 4.92 Å². The van der Waals surface area contributed by atoms with Gasteiger partial charge in [-0.05, 0) is 30.7 Å². The molecule has 0 aromatic heterocycles. The van der Waals surface area contributed by atoms with Crippen molar-refractivity contribution in [1.29, 1.82) is 0 Å². The number of halogens is 1. The monoisotopic (exact) mass is 334 g/mol. The van der Waals surface area contributed by atoms with Crippen LogP contribution in [0.4, 0.5) is 17.1 Å². The van der Waals surface area contributed by atoms with Gasteiger partial charge in [-0.1, -0.05) is 39.7 Å². The molecule has 0 aliphatic carbocycles. The lowest BCUT2D eigenvalue weighted by atomic mass is 10.1. The van der Waals surface area contributed by atoms with Crippen LogP contribution in [-0.2, 0) is 5.33 Å². The zero-order valence-electron chi connectivity index (χ0n) is 11.3. The van der Waals surface area contributed by atoms with E-state index in [9.17, 15) is 10.1 Å². The summed E-state index contributed by atoms with van der Waals surface area (Å²) in [6.07, 6.45) is 0. The summed E-state index contributed by atoms with van der Waals surface area (Å²) in [5.41, 5.74) is 3.67. The minimum absolute atomic E-state index is 0.116. The molecule has 104 valence electrons. The van der Waals surface area contributed by atoms with E-state index >= 15 is 0 Å². The van der Waals surface area contributed by atoms with Crippen LogP contribution in [0.5, 0.6) is 0 Å². The quantitative estimate of drug-likeness (QED) is 0.467. The second-order valence-electron chi connectivity index (χ2n) is 4.61. The topological polar surface area (TPSA) is 46.4 Å². The zero-order valence-corrected chi connectivity index (χ0v) is 12.9. The van der Waals surface area contributed by atoms with Crippen molar-refractivity contribution >= 4 is 33.0 Å². The molecule has 0 fully saturated rings. The third kappa shape index (κ3) is 2.99. The summed E-state index contributed by atoms with van der Waals surface area (Å²) in [5.74, 6) is 0. The maximum Gasteiger partial charge on any atom is 0.293 e. The predicted octanol–water partition coefficient (Wildman–Crippen LogP) is 4.57. The van der Waals surface area contributed by atoms with E-state index in [-0.39, 0.29) is 10.6 Å². The largest absolute Gasteiger partial charge is 0.339 e. The molecule has 0 radical (unpaired) electrons. The van der Waals surface area contributed by atoms with Gasteiger partial charge in [0.15, 0.2) is 0 Å². The van der Waals surface area contributed by atoms with Crippen molar-refractivity contribution in [3.05, 3.63) is 63.7 Å². The van der Waals surface area contributed by atoms with E-state index in [1.165, 1.54) is 0 Å². The molecule has 20 heavy (non-hydrogen) atoms. The van der Waals surface area contributed by atoms with Gasteiger partial charge < -0.3 is 4.90 Å². The highest BCUT2D eigenvalue weighted by atomic mass is 79.9. The smallest absolute Gasteiger partial charge is 0.293 e. The Morgan fingerprint density at radius 1 is 1.20 bits per heavy atom. The minimum Gasteiger partial charge on any atom is -0.339 e. The van der Waals surface area contributed by atoms with Crippen LogP contribution in [0.2, 0.25) is 0 Å². The molecule has 2 aromatic carbocycles. The lowest BCUT2D eigenvalue weighted by molar-refractivity contribution is -0.384. The van der Waals surface area contributed by atoms with Gasteiger partial charge >= 0.3 is 0 Å². The number of hydrogen-bond acceptors (Lipinski definition) is 3. The molecule has 4 nitrogen and oxygen atoms in total. The molecule has 0 atom stereocenters. The van der Waals surface area contributed by atoms with Crippen LogP contribution in [0.1, 0.15) is 11.1 Å². The molecule has 2 aromatic rings. The number of anilines is 2. The van der Waals surface area contributed by atoms with Crippen molar-refractivity contribution in [2.75, 3.05) is 11.9 Å². The van der Waals surface area contributed by atoms with E-state index in [0.29, 0.717) is 11.0 Å². The molecule has 0 N–H and O–H groups in total. The SMILES string of the molecule is Cc1ccc(N(C)c2ccc(CBr)cc2[N+](=O)[O-])cc1. The van der Waals surface area contributed by atoms with Gasteiger partial charge in [0, 0.05) is 24.1 Å². The van der Waals surface area contributed by atoms with Gasteiger partial charge in [-0.25, -0.2) is 0 Å². The van der Waals surface area contributed by atoms with Gasteiger partial charge in [-0.2, -0.15) is 0 Å². The fraction of sp³-hybridized carbons (Fsp3) is 0.200. The summed E-state index contributed by atoms with van der Waals surface area (Å²) in [7, 11) is 1.83. The Kier molecular flexibility index (Phi) is 4.39. The van der Waals surface area contributed by atoms with Gasteiger partial charge in [0.1, 0.15) is 5.69 Å². The van der Waals surface area contributed by atoms with Crippen LogP contribution in [0.3, 0.4) is 0 Å². The van der Waals surface area contributed by atoms with Crippen molar-refractivity contribution in [2.45, 2.75) is 12.3 Å². The number of nitro groups is 1. The molecule has 0 heterocycles. The Labute approximate surface area is 126 Å². The molecule has 0 amide bonds. The number of nitrogens with zero attached hydrogens (tertiary/aromatic N) is 2. The number of aryl methyl sites for hydroxylation is 1. The molecule has 0 aliphatic rings. The normalized spacial score (nSPS) is 10.3. The first kappa shape index (κ1) is 14.5. The molecular weight excluding hydrogens is 320 g/mol. The van der Waals surface area contributed by atoms with Crippen molar-refractivity contribution in [3.63, 3.8) is 0 Å². The zero-order chi connectivity index (χ0) is 14.7. The number of hydrogen-bond donors (Lipinski definition) is 0. The van der Waals surface area contributed by atoms with Crippen molar-refractivity contribution in [3.8, 4) is 0 Å². The van der Waals surface area contributed by atoms with Crippen molar-refractivity contribution < 1.29 is 4.92 Å². The van der Waals surface area contributed by atoms with E-state index < -0.39 is 0 Å². The van der Waals surface area contributed by atoms with E-state index in [0.717, 1.165) is 16.8 Å². The van der Waals surface area contributed by atoms with Crippen molar-refractivity contribution in [2.24, 2.45) is 0 Å². The minimum atomic E-state index is -0.341. The maximum atomic E-state index is 11.2. The van der Waals surface area contributed by atoms with E-state index in [4.69, 9.17) is 0 Å². The number of rotatable bonds is 4. The number of benzene rings is 2. The summed E-state index contributed by atoms with van der Waals surface area (Å²) >= 11 is 3.32. The van der Waals surface area contributed by atoms with Gasteiger partial charge in [0.2, 0.25) is 0 Å². The lowest BCUT2D eigenvalue weighted by Gasteiger charge is -2.19. The number of nitro benzene ring substituents is 1. The summed E-state index contributed by atoms with van der Waals surface area (Å²) < 4.78 is 0. The second kappa shape index (κ2) is 6.05. The van der Waals surface area contributed by atoms with Gasteiger partial charge in [0.25, 0.3) is 5.69 Å². The van der Waals surface area contributed by atoms with Crippen LogP contribution >= 0.6 is 15.9 Å². The Morgan fingerprint density at radius 3 is 2.40 bits per heavy atom. The van der Waals surface area contributed by atoms with Gasteiger partial charge in [-0.3, -0.25) is 10.1 Å². The first-order valence-electron chi connectivity index (χ1n) is 6.16. The van der Waals surface area contributed by atoms with Crippen LogP contribution in [0, 0.1) is 17.0 Å². The molecule has 0 spiro atoms. The standard InChI is InChI=1S/C15H15BrN2O2/c1-11-3-6-13(7-4-11)17(2)14-8-5-12(10-16)9-15(14)18(19)20/h3-9H,10H2,1-2H3. The Morgan fingerprint density at radius 2 is 1.85 bits per heavy atom. The lowest BCUT2D eigenvalue weighted by Crippen LogP contribution is -2.11. The molecule has 5 heteroatoms. The summed E-state index contributed by atoms with van der Waals surface area (Å²) in [6, 6.07) is 13.2. The van der Waals surface area contributed by atoms with Crippen molar-refractivity contribution in [1.82, 2.24) is 0 Å². The average molecular weight is 335 g/mol. The van der Waals surface area contributed by atoms with Gasteiger partial charge in [-0.15, -0.1) is 0 Å². The van der Waals surface area contributed by atoms with E-state index in [1.54, 1.807) is 12.1 Å². The molecule has 0 bridgehead atoms. The summed E-state index contributed by atoms with van der Waals surface area (Å²) in [5, 5.41) is 11.8. The Balaban J connectivity index is 2.45. The van der Waals surface area contributed by atoms with Crippen LogP contribution < -0.4 is 4.90 Å². The Bertz CT molecular complexity index is 626. The fourth-order valence-electron chi connectivity index (χ4n) is 1.99. The highest BCUT2D eigenvalue weighted by Crippen LogP contribution is 2.33. The van der Waals surface area contributed by atoms with E-state index in [1.807, 2.05) is 49.2 Å². The fourth-order valence-corrected chi connectivity index (χ4v) is 2.34. The number of alkyl halides is 1. The second-order valence-corrected chi connectivity index (χ2v) is 5.17. The Hall–Kier alpha value is -1.88. The first-order valence-corrected chi connectivity index (χ1v) is 7.28. The third-order valence-corrected chi connectivity index (χ3v) is 3.82.